The van der Waals surface area contributed by atoms with E-state index >= 15 is 0 Å². The number of thiophene rings is 1. The first-order valence-corrected chi connectivity index (χ1v) is 8.46. The van der Waals surface area contributed by atoms with Crippen molar-refractivity contribution >= 4 is 49.0 Å². The van der Waals surface area contributed by atoms with Gasteiger partial charge in [-0.3, -0.25) is 4.79 Å². The van der Waals surface area contributed by atoms with Crippen LogP contribution in [0.1, 0.15) is 34.6 Å². The van der Waals surface area contributed by atoms with Gasteiger partial charge in [0, 0.05) is 10.0 Å². The Balaban J connectivity index is 2.20. The highest BCUT2D eigenvalue weighted by Gasteiger charge is 2.14. The third kappa shape index (κ3) is 3.77. The summed E-state index contributed by atoms with van der Waals surface area (Å²) in [5.41, 5.74) is 2.02. The second kappa shape index (κ2) is 6.33. The number of carbonyl (C=O) groups excluding carboxylic acids is 1. The fraction of sp³-hybridized carbons (Fsp3) is 0.267. The number of hydrogen-bond acceptors (Lipinski definition) is 2. The van der Waals surface area contributed by atoms with Crippen molar-refractivity contribution in [3.63, 3.8) is 0 Å². The Morgan fingerprint density at radius 1 is 1.21 bits per heavy atom. The molecule has 0 aliphatic heterocycles. The number of ketones is 1. The van der Waals surface area contributed by atoms with E-state index in [-0.39, 0.29) is 5.78 Å². The van der Waals surface area contributed by atoms with Crippen LogP contribution in [-0.2, 0) is 6.42 Å². The molecule has 1 nitrogen and oxygen atoms in total. The predicted octanol–water partition coefficient (Wildman–Crippen LogP) is 5.70. The molecule has 4 heteroatoms. The summed E-state index contributed by atoms with van der Waals surface area (Å²) in [6.45, 7) is 4.39. The zero-order chi connectivity index (χ0) is 14.0. The van der Waals surface area contributed by atoms with Crippen molar-refractivity contribution in [3.05, 3.63) is 54.6 Å². The van der Waals surface area contributed by atoms with E-state index < -0.39 is 0 Å². The molecule has 0 amide bonds. The van der Waals surface area contributed by atoms with Crippen molar-refractivity contribution in [1.82, 2.24) is 0 Å². The molecule has 0 spiro atoms. The molecule has 0 aliphatic carbocycles. The van der Waals surface area contributed by atoms with Crippen molar-refractivity contribution in [3.8, 4) is 0 Å². The largest absolute Gasteiger partial charge is 0.288 e. The van der Waals surface area contributed by atoms with Crippen molar-refractivity contribution in [1.29, 1.82) is 0 Å². The van der Waals surface area contributed by atoms with Gasteiger partial charge in [-0.15, -0.1) is 11.3 Å². The first kappa shape index (κ1) is 14.9. The summed E-state index contributed by atoms with van der Waals surface area (Å²) in [7, 11) is 0. The highest BCUT2D eigenvalue weighted by molar-refractivity contribution is 9.13. The lowest BCUT2D eigenvalue weighted by Gasteiger charge is -2.05. The lowest BCUT2D eigenvalue weighted by molar-refractivity contribution is 0.104. The van der Waals surface area contributed by atoms with Gasteiger partial charge in [0.15, 0.2) is 0 Å². The smallest absolute Gasteiger partial charge is 0.203 e. The van der Waals surface area contributed by atoms with E-state index in [1.54, 1.807) is 0 Å². The average Bonchev–Trinajstić information content (AvgIpc) is 2.69. The maximum Gasteiger partial charge on any atom is 0.203 e. The molecule has 0 fully saturated rings. The second-order valence-electron chi connectivity index (χ2n) is 4.86. The molecule has 19 heavy (non-hydrogen) atoms. The summed E-state index contributed by atoms with van der Waals surface area (Å²) in [4.78, 5) is 13.1. The monoisotopic (exact) mass is 400 g/mol. The van der Waals surface area contributed by atoms with E-state index in [9.17, 15) is 4.79 Å². The normalized spacial score (nSPS) is 11.0. The standard InChI is InChI=1S/C15H14Br2OS/c1-9(2)7-10-3-5-11(6-4-10)14(18)13-8-12(16)15(17)19-13/h3-6,8-9H,7H2,1-2H3. The Hall–Kier alpha value is -0.450. The van der Waals surface area contributed by atoms with Crippen LogP contribution in [0.2, 0.25) is 0 Å². The van der Waals surface area contributed by atoms with E-state index in [1.165, 1.54) is 16.9 Å². The van der Waals surface area contributed by atoms with Crippen LogP contribution in [0.15, 0.2) is 38.6 Å². The molecular weight excluding hydrogens is 388 g/mol. The summed E-state index contributed by atoms with van der Waals surface area (Å²) >= 11 is 8.27. The van der Waals surface area contributed by atoms with Gasteiger partial charge in [0.2, 0.25) is 5.78 Å². The SMILES string of the molecule is CC(C)Cc1ccc(C(=O)c2cc(Br)c(Br)s2)cc1. The minimum absolute atomic E-state index is 0.0764. The Morgan fingerprint density at radius 2 is 1.84 bits per heavy atom. The van der Waals surface area contributed by atoms with E-state index in [0.29, 0.717) is 5.92 Å². The number of halogens is 2. The Morgan fingerprint density at radius 3 is 2.32 bits per heavy atom. The molecule has 1 aromatic heterocycles. The zero-order valence-corrected chi connectivity index (χ0v) is 14.7. The summed E-state index contributed by atoms with van der Waals surface area (Å²) in [6, 6.07) is 9.79. The van der Waals surface area contributed by atoms with Gasteiger partial charge in [0.1, 0.15) is 0 Å². The summed E-state index contributed by atoms with van der Waals surface area (Å²) in [6.07, 6.45) is 1.05. The lowest BCUT2D eigenvalue weighted by atomic mass is 10.0. The fourth-order valence-electron chi connectivity index (χ4n) is 1.86. The molecule has 0 aliphatic rings. The van der Waals surface area contributed by atoms with E-state index in [4.69, 9.17) is 0 Å². The molecule has 2 aromatic rings. The third-order valence-corrected chi connectivity index (χ3v) is 5.98. The van der Waals surface area contributed by atoms with Crippen molar-refractivity contribution in [2.24, 2.45) is 5.92 Å². The van der Waals surface area contributed by atoms with Gasteiger partial charge in [-0.25, -0.2) is 0 Å². The Bertz CT molecular complexity index is 565. The maximum absolute atomic E-state index is 12.3. The molecule has 100 valence electrons. The second-order valence-corrected chi connectivity index (χ2v) is 8.08. The third-order valence-electron chi connectivity index (χ3n) is 2.73. The average molecular weight is 402 g/mol. The van der Waals surface area contributed by atoms with Crippen LogP contribution >= 0.6 is 43.2 Å². The van der Waals surface area contributed by atoms with Gasteiger partial charge >= 0.3 is 0 Å². The highest BCUT2D eigenvalue weighted by atomic mass is 79.9. The molecule has 0 N–H and O–H groups in total. The first-order valence-electron chi connectivity index (χ1n) is 6.06. The molecule has 0 saturated carbocycles. The molecule has 0 saturated heterocycles. The van der Waals surface area contributed by atoms with E-state index in [2.05, 4.69) is 45.7 Å². The Kier molecular flexibility index (Phi) is 4.98. The topological polar surface area (TPSA) is 17.1 Å². The molecule has 0 atom stereocenters. The number of benzene rings is 1. The molecule has 1 heterocycles. The van der Waals surface area contributed by atoms with Crippen molar-refractivity contribution in [2.45, 2.75) is 20.3 Å². The highest BCUT2D eigenvalue weighted by Crippen LogP contribution is 2.33. The molecule has 1 aromatic carbocycles. The van der Waals surface area contributed by atoms with Crippen LogP contribution in [0.25, 0.3) is 0 Å². The van der Waals surface area contributed by atoms with Crippen LogP contribution in [-0.4, -0.2) is 5.78 Å². The van der Waals surface area contributed by atoms with Crippen LogP contribution in [0, 0.1) is 5.92 Å². The molecule has 0 radical (unpaired) electrons. The van der Waals surface area contributed by atoms with Crippen LogP contribution in [0.4, 0.5) is 0 Å². The van der Waals surface area contributed by atoms with E-state index in [1.807, 2.05) is 30.3 Å². The van der Waals surface area contributed by atoms with Crippen LogP contribution < -0.4 is 0 Å². The van der Waals surface area contributed by atoms with Gasteiger partial charge in [-0.05, 0) is 55.8 Å². The minimum atomic E-state index is 0.0764. The summed E-state index contributed by atoms with van der Waals surface area (Å²) < 4.78 is 1.88. The zero-order valence-electron chi connectivity index (χ0n) is 10.7. The van der Waals surface area contributed by atoms with Crippen LogP contribution in [0.5, 0.6) is 0 Å². The molecular formula is C15H14Br2OS. The summed E-state index contributed by atoms with van der Waals surface area (Å²) in [5.74, 6) is 0.707. The number of rotatable bonds is 4. The summed E-state index contributed by atoms with van der Waals surface area (Å²) in [5, 5.41) is 0. The quantitative estimate of drug-likeness (QED) is 0.600. The maximum atomic E-state index is 12.3. The van der Waals surface area contributed by atoms with Gasteiger partial charge in [-0.1, -0.05) is 38.1 Å². The number of carbonyl (C=O) groups is 1. The van der Waals surface area contributed by atoms with Crippen molar-refractivity contribution in [2.75, 3.05) is 0 Å². The first-order chi connectivity index (χ1) is 8.97. The molecule has 0 bridgehead atoms. The Labute approximate surface area is 134 Å². The molecule has 0 unspecified atom stereocenters. The minimum Gasteiger partial charge on any atom is -0.288 e. The van der Waals surface area contributed by atoms with Gasteiger partial charge < -0.3 is 0 Å². The van der Waals surface area contributed by atoms with Crippen LogP contribution in [0.3, 0.4) is 0 Å². The number of hydrogen-bond donors (Lipinski definition) is 0. The van der Waals surface area contributed by atoms with Gasteiger partial charge in [0.05, 0.1) is 8.66 Å². The fourth-order valence-corrected chi connectivity index (χ4v) is 3.86. The van der Waals surface area contributed by atoms with Crippen molar-refractivity contribution < 1.29 is 4.79 Å². The van der Waals surface area contributed by atoms with Gasteiger partial charge in [-0.2, -0.15) is 0 Å². The predicted molar refractivity (Wildman–Crippen MR) is 88.1 cm³/mol. The van der Waals surface area contributed by atoms with E-state index in [0.717, 1.165) is 25.1 Å². The lowest BCUT2D eigenvalue weighted by Crippen LogP contribution is -2.00. The molecule has 2 rings (SSSR count). The van der Waals surface area contributed by atoms with Gasteiger partial charge in [0.25, 0.3) is 0 Å².